The molecule has 0 bridgehead atoms. The summed E-state index contributed by atoms with van der Waals surface area (Å²) >= 11 is 0. The minimum Gasteiger partial charge on any atom is -0.340 e. The predicted molar refractivity (Wildman–Crippen MR) is 66.0 cm³/mol. The number of benzene rings is 1. The summed E-state index contributed by atoms with van der Waals surface area (Å²) in [4.78, 5) is 8.42. The van der Waals surface area contributed by atoms with Crippen molar-refractivity contribution in [2.75, 3.05) is 0 Å². The molecule has 7 nitrogen and oxygen atoms in total. The lowest BCUT2D eigenvalue weighted by molar-refractivity contribution is 0.387. The zero-order valence-electron chi connectivity index (χ0n) is 9.99. The van der Waals surface area contributed by atoms with Gasteiger partial charge in [-0.3, -0.25) is 9.71 Å². The molecule has 2 aromatic rings. The summed E-state index contributed by atoms with van der Waals surface area (Å²) in [5, 5.41) is 3.70. The molecule has 1 N–H and O–H groups in total. The van der Waals surface area contributed by atoms with Crippen LogP contribution in [-0.4, -0.2) is 24.4 Å². The second kappa shape index (κ2) is 4.16. The summed E-state index contributed by atoms with van der Waals surface area (Å²) in [6, 6.07) is 6.67. The Hall–Kier alpha value is -2.22. The van der Waals surface area contributed by atoms with Gasteiger partial charge in [0.2, 0.25) is 5.89 Å². The summed E-state index contributed by atoms with van der Waals surface area (Å²) in [6.07, 6.45) is 0. The number of rotatable bonds is 2. The van der Waals surface area contributed by atoms with Crippen LogP contribution in [0.2, 0.25) is 0 Å². The molecule has 19 heavy (non-hydrogen) atoms. The van der Waals surface area contributed by atoms with Gasteiger partial charge in [-0.15, -0.1) is 0 Å². The molecule has 2 heterocycles. The minimum atomic E-state index is -3.50. The van der Waals surface area contributed by atoms with E-state index < -0.39 is 10.0 Å². The molecular formula is C11H10N4O3S. The van der Waals surface area contributed by atoms with E-state index in [0.717, 1.165) is 0 Å². The molecule has 0 amide bonds. The molecule has 3 rings (SSSR count). The molecule has 0 radical (unpaired) electrons. The average molecular weight is 278 g/mol. The van der Waals surface area contributed by atoms with Crippen LogP contribution >= 0.6 is 0 Å². The zero-order valence-corrected chi connectivity index (χ0v) is 10.8. The molecule has 98 valence electrons. The summed E-state index contributed by atoms with van der Waals surface area (Å²) in [5.74, 6) is 1.16. The average Bonchev–Trinajstić information content (AvgIpc) is 2.90. The zero-order chi connectivity index (χ0) is 13.5. The normalized spacial score (nSPS) is 18.3. The van der Waals surface area contributed by atoms with Crippen molar-refractivity contribution < 1.29 is 12.9 Å². The van der Waals surface area contributed by atoms with Crippen molar-refractivity contribution in [1.82, 2.24) is 14.9 Å². The van der Waals surface area contributed by atoms with Crippen LogP contribution in [0.4, 0.5) is 0 Å². The van der Waals surface area contributed by atoms with E-state index in [0.29, 0.717) is 23.1 Å². The number of aliphatic imine (C=N–C) groups is 1. The number of amidine groups is 1. The van der Waals surface area contributed by atoms with Gasteiger partial charge in [-0.25, -0.2) is 8.42 Å². The van der Waals surface area contributed by atoms with E-state index in [1.54, 1.807) is 31.2 Å². The van der Waals surface area contributed by atoms with Crippen molar-refractivity contribution in [2.45, 2.75) is 18.4 Å². The van der Waals surface area contributed by atoms with Crippen molar-refractivity contribution >= 4 is 15.9 Å². The van der Waals surface area contributed by atoms with Gasteiger partial charge in [0, 0.05) is 12.5 Å². The summed E-state index contributed by atoms with van der Waals surface area (Å²) in [5.41, 5.74) is 0.558. The highest BCUT2D eigenvalue weighted by molar-refractivity contribution is 7.90. The fraction of sp³-hybridized carbons (Fsp3) is 0.182. The van der Waals surface area contributed by atoms with Crippen molar-refractivity contribution in [2.24, 2.45) is 4.99 Å². The third-order valence-corrected chi connectivity index (χ3v) is 4.01. The monoisotopic (exact) mass is 278 g/mol. The Bertz CT molecular complexity index is 764. The second-order valence-electron chi connectivity index (χ2n) is 4.00. The maximum Gasteiger partial charge on any atom is 0.263 e. The first-order chi connectivity index (χ1) is 9.06. The Morgan fingerprint density at radius 1 is 1.37 bits per heavy atom. The molecule has 0 saturated carbocycles. The Balaban J connectivity index is 1.95. The van der Waals surface area contributed by atoms with E-state index in [-0.39, 0.29) is 11.4 Å². The molecule has 0 aliphatic carbocycles. The number of nitrogens with zero attached hydrogens (tertiary/aromatic N) is 3. The van der Waals surface area contributed by atoms with Gasteiger partial charge in [0.1, 0.15) is 12.4 Å². The number of sulfonamides is 1. The number of fused-ring (bicyclic) bond motifs is 1. The maximum atomic E-state index is 11.8. The Kier molecular flexibility index (Phi) is 2.59. The topological polar surface area (TPSA) is 97.5 Å². The van der Waals surface area contributed by atoms with Gasteiger partial charge in [-0.2, -0.15) is 4.98 Å². The molecule has 0 spiro atoms. The van der Waals surface area contributed by atoms with Crippen LogP contribution in [0.25, 0.3) is 0 Å². The van der Waals surface area contributed by atoms with Crippen LogP contribution in [0.15, 0.2) is 38.7 Å². The van der Waals surface area contributed by atoms with Crippen LogP contribution in [0.5, 0.6) is 0 Å². The van der Waals surface area contributed by atoms with E-state index in [1.165, 1.54) is 0 Å². The lowest BCUT2D eigenvalue weighted by Crippen LogP contribution is -2.22. The summed E-state index contributed by atoms with van der Waals surface area (Å²) < 4.78 is 30.9. The molecule has 1 aliphatic rings. The first-order valence-electron chi connectivity index (χ1n) is 5.52. The first kappa shape index (κ1) is 11.8. The van der Waals surface area contributed by atoms with Crippen LogP contribution < -0.4 is 4.72 Å². The highest BCUT2D eigenvalue weighted by Crippen LogP contribution is 2.22. The molecule has 1 aromatic carbocycles. The number of nitrogens with one attached hydrogen (secondary N) is 1. The lowest BCUT2D eigenvalue weighted by Gasteiger charge is -1.96. The molecular weight excluding hydrogens is 268 g/mol. The van der Waals surface area contributed by atoms with Gasteiger partial charge in [0.05, 0.1) is 4.90 Å². The Labute approximate surface area is 109 Å². The van der Waals surface area contributed by atoms with Gasteiger partial charge >= 0.3 is 0 Å². The van der Waals surface area contributed by atoms with Crippen LogP contribution in [0, 0.1) is 6.92 Å². The molecule has 0 atom stereocenters. The van der Waals surface area contributed by atoms with E-state index in [9.17, 15) is 8.42 Å². The third kappa shape index (κ3) is 2.10. The van der Waals surface area contributed by atoms with Crippen LogP contribution in [0.1, 0.15) is 17.3 Å². The molecule has 0 fully saturated rings. The highest BCUT2D eigenvalue weighted by atomic mass is 32.2. The van der Waals surface area contributed by atoms with Crippen LogP contribution in [0.3, 0.4) is 0 Å². The van der Waals surface area contributed by atoms with E-state index in [2.05, 4.69) is 19.9 Å². The van der Waals surface area contributed by atoms with E-state index >= 15 is 0 Å². The molecule has 1 aliphatic heterocycles. The quantitative estimate of drug-likeness (QED) is 0.868. The van der Waals surface area contributed by atoms with Gasteiger partial charge in [0.25, 0.3) is 10.0 Å². The summed E-state index contributed by atoms with van der Waals surface area (Å²) in [6.45, 7) is 1.83. The predicted octanol–water partition coefficient (Wildman–Crippen LogP) is 0.617. The van der Waals surface area contributed by atoms with Gasteiger partial charge in [-0.05, 0) is 12.1 Å². The molecule has 0 unspecified atom stereocenters. The Morgan fingerprint density at radius 2 is 2.16 bits per heavy atom. The number of aromatic nitrogens is 2. The van der Waals surface area contributed by atoms with Crippen molar-refractivity contribution in [3.63, 3.8) is 0 Å². The van der Waals surface area contributed by atoms with Gasteiger partial charge < -0.3 is 4.52 Å². The Morgan fingerprint density at radius 3 is 2.89 bits per heavy atom. The summed E-state index contributed by atoms with van der Waals surface area (Å²) in [7, 11) is -3.50. The smallest absolute Gasteiger partial charge is 0.263 e. The van der Waals surface area contributed by atoms with Gasteiger partial charge in [0.15, 0.2) is 5.82 Å². The number of hydrogen-bond acceptors (Lipinski definition) is 6. The highest BCUT2D eigenvalue weighted by Gasteiger charge is 2.30. The van der Waals surface area contributed by atoms with Gasteiger partial charge in [-0.1, -0.05) is 17.3 Å². The van der Waals surface area contributed by atoms with E-state index in [4.69, 9.17) is 4.52 Å². The van der Waals surface area contributed by atoms with Crippen LogP contribution in [-0.2, 0) is 16.6 Å². The molecule has 1 aromatic heterocycles. The minimum absolute atomic E-state index is 0.156. The standard InChI is InChI=1S/C11H10N4O3S/c1-7-13-10(14-18-7)6-12-11-8-4-2-3-5-9(8)19(16,17)15-11/h2-5H,6H2,1H3,(H,12,15). The third-order valence-electron chi connectivity index (χ3n) is 2.61. The molecule has 8 heteroatoms. The molecule has 0 saturated heterocycles. The fourth-order valence-corrected chi connectivity index (χ4v) is 3.06. The van der Waals surface area contributed by atoms with Crippen molar-refractivity contribution in [3.05, 3.63) is 41.5 Å². The SMILES string of the molecule is Cc1nc(CN=C2NS(=O)(=O)c3ccccc32)no1. The van der Waals surface area contributed by atoms with Crippen molar-refractivity contribution in [1.29, 1.82) is 0 Å². The van der Waals surface area contributed by atoms with E-state index in [1.807, 2.05) is 0 Å². The largest absolute Gasteiger partial charge is 0.340 e. The fourth-order valence-electron chi connectivity index (χ4n) is 1.81. The number of aryl methyl sites for hydroxylation is 1. The maximum absolute atomic E-state index is 11.8. The lowest BCUT2D eigenvalue weighted by atomic mass is 10.2. The van der Waals surface area contributed by atoms with Crippen molar-refractivity contribution in [3.8, 4) is 0 Å². The first-order valence-corrected chi connectivity index (χ1v) is 7.00. The number of hydrogen-bond donors (Lipinski definition) is 1. The second-order valence-corrected chi connectivity index (χ2v) is 5.65.